The van der Waals surface area contributed by atoms with Crippen LogP contribution in [0.15, 0.2) is 57.4 Å². The van der Waals surface area contributed by atoms with Crippen molar-refractivity contribution in [3.63, 3.8) is 0 Å². The summed E-state index contributed by atoms with van der Waals surface area (Å²) >= 11 is 0. The van der Waals surface area contributed by atoms with Crippen LogP contribution < -0.4 is 21.5 Å². The average Bonchev–Trinajstić information content (AvgIpc) is 2.82. The summed E-state index contributed by atoms with van der Waals surface area (Å²) in [6.07, 6.45) is 4.89. The van der Waals surface area contributed by atoms with Gasteiger partial charge in [-0.1, -0.05) is 0 Å². The predicted molar refractivity (Wildman–Crippen MR) is 130 cm³/mol. The van der Waals surface area contributed by atoms with E-state index < -0.39 is 0 Å². The summed E-state index contributed by atoms with van der Waals surface area (Å²) in [7, 11) is 0. The molecule has 0 radical (unpaired) electrons. The van der Waals surface area contributed by atoms with E-state index in [1.54, 1.807) is 19.1 Å². The van der Waals surface area contributed by atoms with Crippen molar-refractivity contribution < 1.29 is 9.13 Å². The van der Waals surface area contributed by atoms with Crippen molar-refractivity contribution in [2.75, 3.05) is 19.7 Å². The first-order valence-corrected chi connectivity index (χ1v) is 11.1. The zero-order chi connectivity index (χ0) is 23.2. The van der Waals surface area contributed by atoms with Crippen LogP contribution in [0.2, 0.25) is 0 Å². The molecule has 1 fully saturated rings. The monoisotopic (exact) mass is 449 g/mol. The fourth-order valence-electron chi connectivity index (χ4n) is 3.98. The van der Waals surface area contributed by atoms with Gasteiger partial charge in [0.05, 0.1) is 24.1 Å². The number of hydrogen-bond donors (Lipinski definition) is 3. The van der Waals surface area contributed by atoms with Crippen molar-refractivity contribution in [2.24, 2.45) is 21.9 Å². The number of H-pyrrole nitrogens is 1. The lowest BCUT2D eigenvalue weighted by Gasteiger charge is -2.22. The molecule has 8 heteroatoms. The second kappa shape index (κ2) is 10.4. The number of hydrazone groups is 1. The maximum Gasteiger partial charge on any atom is 0.258 e. The number of rotatable bonds is 7. The zero-order valence-electron chi connectivity index (χ0n) is 18.6. The van der Waals surface area contributed by atoms with Gasteiger partial charge in [0.15, 0.2) is 0 Å². The summed E-state index contributed by atoms with van der Waals surface area (Å²) < 4.78 is 19.8. The number of nitrogens with zero attached hydrogens (tertiary/aromatic N) is 2. The first kappa shape index (κ1) is 22.7. The number of fused-ring (bicyclic) bond motifs is 1. The van der Waals surface area contributed by atoms with Crippen LogP contribution in [0.1, 0.15) is 30.4 Å². The number of piperidine rings is 1. The average molecular weight is 450 g/mol. The van der Waals surface area contributed by atoms with Gasteiger partial charge in [0.2, 0.25) is 0 Å². The van der Waals surface area contributed by atoms with Crippen molar-refractivity contribution >= 4 is 28.5 Å². The van der Waals surface area contributed by atoms with Crippen molar-refractivity contribution in [1.82, 2.24) is 10.3 Å². The highest BCUT2D eigenvalue weighted by atomic mass is 19.1. The number of aromatic amines is 1. The molecule has 0 atom stereocenters. The van der Waals surface area contributed by atoms with E-state index in [9.17, 15) is 9.18 Å². The number of hydrogen-bond acceptors (Lipinski definition) is 6. The first-order chi connectivity index (χ1) is 16.0. The number of aryl methyl sites for hydroxylation is 1. The molecule has 172 valence electrons. The van der Waals surface area contributed by atoms with Crippen LogP contribution in [0, 0.1) is 18.7 Å². The van der Waals surface area contributed by atoms with E-state index in [0.717, 1.165) is 31.2 Å². The maximum absolute atomic E-state index is 14.0. The molecule has 0 amide bonds. The molecule has 0 spiro atoms. The van der Waals surface area contributed by atoms with Gasteiger partial charge in [-0.3, -0.25) is 9.79 Å². The maximum atomic E-state index is 14.0. The number of aliphatic imine (C=N–C) groups is 1. The lowest BCUT2D eigenvalue weighted by Crippen LogP contribution is -2.28. The summed E-state index contributed by atoms with van der Waals surface area (Å²) in [6.45, 7) is 4.52. The molecule has 7 nitrogen and oxygen atoms in total. The third-order valence-corrected chi connectivity index (χ3v) is 5.96. The van der Waals surface area contributed by atoms with Gasteiger partial charge in [0.1, 0.15) is 17.3 Å². The van der Waals surface area contributed by atoms with E-state index in [-0.39, 0.29) is 22.7 Å². The first-order valence-electron chi connectivity index (χ1n) is 11.1. The number of nitrogens with two attached hydrogens (primary N) is 1. The molecule has 33 heavy (non-hydrogen) atoms. The lowest BCUT2D eigenvalue weighted by atomic mass is 9.95. The molecule has 2 aromatic carbocycles. The Balaban J connectivity index is 1.42. The second-order valence-corrected chi connectivity index (χ2v) is 8.30. The smallest absolute Gasteiger partial charge is 0.258 e. The Morgan fingerprint density at radius 3 is 2.70 bits per heavy atom. The minimum absolute atomic E-state index is 0.196. The number of benzene rings is 2. The topological polar surface area (TPSA) is 105 Å². The number of nitrogens with one attached hydrogen (secondary N) is 2. The number of pyridine rings is 1. The minimum atomic E-state index is -0.373. The molecule has 1 aromatic heterocycles. The molecule has 4 N–H and O–H groups in total. The summed E-state index contributed by atoms with van der Waals surface area (Å²) in [5, 5.41) is 7.63. The van der Waals surface area contributed by atoms with Crippen LogP contribution >= 0.6 is 0 Å². The molecule has 4 rings (SSSR count). The minimum Gasteiger partial charge on any atom is -0.494 e. The van der Waals surface area contributed by atoms with Gasteiger partial charge in [-0.2, -0.15) is 5.10 Å². The molecule has 3 aromatic rings. The van der Waals surface area contributed by atoms with E-state index in [2.05, 4.69) is 20.4 Å². The van der Waals surface area contributed by atoms with Gasteiger partial charge in [-0.25, -0.2) is 4.39 Å². The van der Waals surface area contributed by atoms with E-state index in [1.165, 1.54) is 25.1 Å². The van der Waals surface area contributed by atoms with Gasteiger partial charge in [0.25, 0.3) is 5.56 Å². The molecule has 1 aliphatic heterocycles. The fraction of sp³-hybridized carbons (Fsp3) is 0.320. The molecule has 0 bridgehead atoms. The quantitative estimate of drug-likeness (QED) is 0.290. The van der Waals surface area contributed by atoms with Gasteiger partial charge < -0.3 is 20.9 Å². The summed E-state index contributed by atoms with van der Waals surface area (Å²) in [5.74, 6) is 6.69. The molecular formula is C25H28FN5O2. The lowest BCUT2D eigenvalue weighted by molar-refractivity contribution is 0.252. The highest BCUT2D eigenvalue weighted by Gasteiger charge is 2.13. The Hall–Kier alpha value is -3.52. The van der Waals surface area contributed by atoms with Crippen molar-refractivity contribution in [2.45, 2.75) is 26.2 Å². The SMILES string of the molecule is Cc1cc2[nH]c(=O)c(C(C=Nc3ccc(OCCC4CCNCC4)cc3)=NN)cc2cc1F. The van der Waals surface area contributed by atoms with Crippen molar-refractivity contribution in [3.8, 4) is 5.75 Å². The van der Waals surface area contributed by atoms with Crippen LogP contribution in [0.5, 0.6) is 5.75 Å². The molecule has 0 unspecified atom stereocenters. The van der Waals surface area contributed by atoms with Gasteiger partial charge in [0, 0.05) is 10.9 Å². The summed E-state index contributed by atoms with van der Waals surface area (Å²) in [5.41, 5.74) is 1.71. The molecule has 1 saturated heterocycles. The van der Waals surface area contributed by atoms with Crippen LogP contribution in [-0.2, 0) is 0 Å². The summed E-state index contributed by atoms with van der Waals surface area (Å²) in [6, 6.07) is 11.9. The van der Waals surface area contributed by atoms with Crippen LogP contribution in [0.4, 0.5) is 10.1 Å². The van der Waals surface area contributed by atoms with Gasteiger partial charge in [-0.05, 0) is 93.2 Å². The predicted octanol–water partition coefficient (Wildman–Crippen LogP) is 3.81. The van der Waals surface area contributed by atoms with Crippen LogP contribution in [0.25, 0.3) is 10.9 Å². The molecular weight excluding hydrogens is 421 g/mol. The third kappa shape index (κ3) is 5.64. The standard InChI is InChI=1S/C25H28FN5O2/c1-16-12-23-18(14-22(16)26)13-21(25(32)30-23)24(31-27)15-29-19-2-4-20(5-3-19)33-11-8-17-6-9-28-10-7-17/h2-5,12-15,17,28H,6-11,27H2,1H3,(H,30,32). The molecule has 1 aliphatic rings. The Bertz CT molecular complexity index is 1230. The molecule has 0 saturated carbocycles. The van der Waals surface area contributed by atoms with Gasteiger partial charge >= 0.3 is 0 Å². The van der Waals surface area contributed by atoms with E-state index >= 15 is 0 Å². The normalized spacial score (nSPS) is 15.4. The van der Waals surface area contributed by atoms with E-state index in [0.29, 0.717) is 28.8 Å². The Morgan fingerprint density at radius 2 is 1.97 bits per heavy atom. The fourth-order valence-corrected chi connectivity index (χ4v) is 3.98. The van der Waals surface area contributed by atoms with Crippen molar-refractivity contribution in [1.29, 1.82) is 0 Å². The van der Waals surface area contributed by atoms with Gasteiger partial charge in [-0.15, -0.1) is 0 Å². The zero-order valence-corrected chi connectivity index (χ0v) is 18.6. The van der Waals surface area contributed by atoms with Crippen molar-refractivity contribution in [3.05, 3.63) is 69.8 Å². The third-order valence-electron chi connectivity index (χ3n) is 5.96. The van der Waals surface area contributed by atoms with E-state index in [1.807, 2.05) is 24.3 Å². The number of halogens is 1. The Kier molecular flexibility index (Phi) is 7.14. The Morgan fingerprint density at radius 1 is 1.21 bits per heavy atom. The van der Waals surface area contributed by atoms with E-state index in [4.69, 9.17) is 10.6 Å². The number of ether oxygens (including phenoxy) is 1. The molecule has 2 heterocycles. The van der Waals surface area contributed by atoms with Crippen LogP contribution in [-0.4, -0.2) is 36.6 Å². The molecule has 0 aliphatic carbocycles. The number of aromatic nitrogens is 1. The second-order valence-electron chi connectivity index (χ2n) is 8.30. The highest BCUT2D eigenvalue weighted by molar-refractivity contribution is 6.38. The Labute approximate surface area is 191 Å². The van der Waals surface area contributed by atoms with Crippen LogP contribution in [0.3, 0.4) is 0 Å². The summed E-state index contributed by atoms with van der Waals surface area (Å²) in [4.78, 5) is 19.7. The largest absolute Gasteiger partial charge is 0.494 e. The highest BCUT2D eigenvalue weighted by Crippen LogP contribution is 2.21.